The molecule has 3 aromatic heterocycles. The standard InChI is InChI=1S/C20H19N5O2/c26-19-17-6-1-2-7-18(17)24(11-4-10-23-12-9-22-15-23)20(27)25(19)14-16-5-3-8-21-13-16/h1-3,5-9,12-13,15H,4,10-11,14H2. The van der Waals surface area contributed by atoms with Crippen LogP contribution < -0.4 is 11.2 Å². The van der Waals surface area contributed by atoms with E-state index >= 15 is 0 Å². The zero-order valence-electron chi connectivity index (χ0n) is 14.7. The molecular weight excluding hydrogens is 342 g/mol. The molecule has 0 aliphatic heterocycles. The van der Waals surface area contributed by atoms with E-state index in [-0.39, 0.29) is 17.8 Å². The molecule has 0 N–H and O–H groups in total. The van der Waals surface area contributed by atoms with Crippen molar-refractivity contribution in [1.29, 1.82) is 0 Å². The molecule has 0 aliphatic rings. The largest absolute Gasteiger partial charge is 0.337 e. The van der Waals surface area contributed by atoms with Gasteiger partial charge in [0.15, 0.2) is 0 Å². The number of nitrogens with zero attached hydrogens (tertiary/aromatic N) is 5. The van der Waals surface area contributed by atoms with E-state index in [1.807, 2.05) is 35.0 Å². The second-order valence-electron chi connectivity index (χ2n) is 6.36. The van der Waals surface area contributed by atoms with E-state index < -0.39 is 0 Å². The fraction of sp³-hybridized carbons (Fsp3) is 0.200. The second kappa shape index (κ2) is 7.41. The first kappa shape index (κ1) is 17.0. The maximum absolute atomic E-state index is 13.1. The molecule has 7 heteroatoms. The fourth-order valence-electron chi connectivity index (χ4n) is 3.23. The van der Waals surface area contributed by atoms with Crippen LogP contribution in [0.25, 0.3) is 10.9 Å². The number of hydrogen-bond donors (Lipinski definition) is 0. The maximum atomic E-state index is 13.1. The molecule has 0 radical (unpaired) electrons. The number of fused-ring (bicyclic) bond motifs is 1. The SMILES string of the molecule is O=c1c2ccccc2n(CCCn2ccnc2)c(=O)n1Cc1cccnc1. The highest BCUT2D eigenvalue weighted by Crippen LogP contribution is 2.09. The van der Waals surface area contributed by atoms with Crippen molar-refractivity contribution in [3.05, 3.63) is 93.9 Å². The summed E-state index contributed by atoms with van der Waals surface area (Å²) < 4.78 is 4.94. The number of aryl methyl sites for hydroxylation is 2. The molecule has 0 saturated heterocycles. The van der Waals surface area contributed by atoms with E-state index in [0.717, 1.165) is 18.5 Å². The van der Waals surface area contributed by atoms with Gasteiger partial charge in [0.1, 0.15) is 0 Å². The number of benzene rings is 1. The summed E-state index contributed by atoms with van der Waals surface area (Å²) >= 11 is 0. The van der Waals surface area contributed by atoms with Gasteiger partial charge in [0, 0.05) is 37.9 Å². The molecule has 7 nitrogen and oxygen atoms in total. The minimum atomic E-state index is -0.298. The highest BCUT2D eigenvalue weighted by Gasteiger charge is 2.13. The Morgan fingerprint density at radius 1 is 0.889 bits per heavy atom. The molecule has 4 rings (SSSR count). The maximum Gasteiger partial charge on any atom is 0.331 e. The first-order chi connectivity index (χ1) is 13.2. The van der Waals surface area contributed by atoms with E-state index in [4.69, 9.17) is 0 Å². The summed E-state index contributed by atoms with van der Waals surface area (Å²) in [6.45, 7) is 1.48. The molecule has 0 fully saturated rings. The van der Waals surface area contributed by atoms with Crippen LogP contribution in [0.5, 0.6) is 0 Å². The smallest absolute Gasteiger partial charge is 0.331 e. The molecule has 0 bridgehead atoms. The van der Waals surface area contributed by atoms with E-state index in [1.165, 1.54) is 4.57 Å². The summed E-state index contributed by atoms with van der Waals surface area (Å²) in [4.78, 5) is 34.1. The Kier molecular flexibility index (Phi) is 4.65. The Hall–Kier alpha value is -3.48. The van der Waals surface area contributed by atoms with Crippen LogP contribution in [0.2, 0.25) is 0 Å². The van der Waals surface area contributed by atoms with Crippen LogP contribution in [0, 0.1) is 0 Å². The van der Waals surface area contributed by atoms with Crippen molar-refractivity contribution >= 4 is 10.9 Å². The average Bonchev–Trinajstić information content (AvgIpc) is 3.22. The molecule has 0 spiro atoms. The van der Waals surface area contributed by atoms with Gasteiger partial charge in [-0.15, -0.1) is 0 Å². The van der Waals surface area contributed by atoms with Gasteiger partial charge >= 0.3 is 5.69 Å². The van der Waals surface area contributed by atoms with Gasteiger partial charge in [-0.2, -0.15) is 0 Å². The van der Waals surface area contributed by atoms with Gasteiger partial charge in [-0.05, 0) is 30.2 Å². The van der Waals surface area contributed by atoms with Gasteiger partial charge in [-0.1, -0.05) is 18.2 Å². The third-order valence-corrected chi connectivity index (χ3v) is 4.55. The summed E-state index contributed by atoms with van der Waals surface area (Å²) in [5, 5.41) is 0.545. The number of aromatic nitrogens is 5. The second-order valence-corrected chi connectivity index (χ2v) is 6.36. The van der Waals surface area contributed by atoms with Gasteiger partial charge in [0.05, 0.1) is 23.8 Å². The Balaban J connectivity index is 1.74. The minimum Gasteiger partial charge on any atom is -0.337 e. The first-order valence-electron chi connectivity index (χ1n) is 8.81. The monoisotopic (exact) mass is 361 g/mol. The van der Waals surface area contributed by atoms with Crippen LogP contribution in [0.4, 0.5) is 0 Å². The molecule has 4 aromatic rings. The Labute approximate surface area is 155 Å². The zero-order chi connectivity index (χ0) is 18.6. The molecule has 1 aromatic carbocycles. The molecule has 0 aliphatic carbocycles. The normalized spacial score (nSPS) is 11.1. The van der Waals surface area contributed by atoms with Crippen molar-refractivity contribution in [3.8, 4) is 0 Å². The van der Waals surface area contributed by atoms with Crippen molar-refractivity contribution in [2.75, 3.05) is 0 Å². The quantitative estimate of drug-likeness (QED) is 0.526. The van der Waals surface area contributed by atoms with E-state index in [0.29, 0.717) is 17.4 Å². The lowest BCUT2D eigenvalue weighted by atomic mass is 10.2. The average molecular weight is 361 g/mol. The molecule has 27 heavy (non-hydrogen) atoms. The van der Waals surface area contributed by atoms with Crippen LogP contribution in [0.15, 0.2) is 77.1 Å². The lowest BCUT2D eigenvalue weighted by molar-refractivity contribution is 0.534. The van der Waals surface area contributed by atoms with Gasteiger partial charge in [0.2, 0.25) is 0 Å². The highest BCUT2D eigenvalue weighted by molar-refractivity contribution is 5.77. The number of imidazole rings is 1. The molecule has 3 heterocycles. The van der Waals surface area contributed by atoms with Crippen LogP contribution >= 0.6 is 0 Å². The topological polar surface area (TPSA) is 74.7 Å². The van der Waals surface area contributed by atoms with Crippen molar-refractivity contribution in [3.63, 3.8) is 0 Å². The lowest BCUT2D eigenvalue weighted by Crippen LogP contribution is -2.40. The summed E-state index contributed by atoms with van der Waals surface area (Å²) in [6.07, 6.45) is 9.47. The van der Waals surface area contributed by atoms with Crippen LogP contribution in [-0.2, 0) is 19.6 Å². The highest BCUT2D eigenvalue weighted by atomic mass is 16.2. The summed E-state index contributed by atoms with van der Waals surface area (Å²) in [5.41, 5.74) is 0.913. The first-order valence-corrected chi connectivity index (χ1v) is 8.81. The zero-order valence-corrected chi connectivity index (χ0v) is 14.7. The summed E-state index contributed by atoms with van der Waals surface area (Å²) in [6, 6.07) is 10.9. The van der Waals surface area contributed by atoms with Gasteiger partial charge in [0.25, 0.3) is 5.56 Å². The lowest BCUT2D eigenvalue weighted by Gasteiger charge is -2.14. The number of para-hydroxylation sites is 1. The molecule has 0 atom stereocenters. The van der Waals surface area contributed by atoms with Crippen molar-refractivity contribution in [1.82, 2.24) is 23.7 Å². The molecule has 136 valence electrons. The Morgan fingerprint density at radius 2 is 1.78 bits per heavy atom. The molecule has 0 unspecified atom stereocenters. The minimum absolute atomic E-state index is 0.206. The molecule has 0 saturated carbocycles. The van der Waals surface area contributed by atoms with Gasteiger partial charge in [-0.3, -0.25) is 18.9 Å². The molecular formula is C20H19N5O2. The Morgan fingerprint density at radius 3 is 2.56 bits per heavy atom. The number of pyridine rings is 1. The van der Waals surface area contributed by atoms with Crippen LogP contribution in [0.1, 0.15) is 12.0 Å². The molecule has 0 amide bonds. The fourth-order valence-corrected chi connectivity index (χ4v) is 3.23. The van der Waals surface area contributed by atoms with Crippen LogP contribution in [0.3, 0.4) is 0 Å². The van der Waals surface area contributed by atoms with E-state index in [1.54, 1.807) is 41.6 Å². The van der Waals surface area contributed by atoms with Crippen molar-refractivity contribution < 1.29 is 0 Å². The third kappa shape index (κ3) is 3.44. The van der Waals surface area contributed by atoms with Gasteiger partial charge in [-0.25, -0.2) is 9.78 Å². The predicted molar refractivity (Wildman–Crippen MR) is 103 cm³/mol. The van der Waals surface area contributed by atoms with Gasteiger partial charge < -0.3 is 4.57 Å². The summed E-state index contributed by atoms with van der Waals surface area (Å²) in [7, 11) is 0. The Bertz CT molecular complexity index is 1160. The van der Waals surface area contributed by atoms with Crippen molar-refractivity contribution in [2.24, 2.45) is 0 Å². The van der Waals surface area contributed by atoms with E-state index in [9.17, 15) is 9.59 Å². The summed E-state index contributed by atoms with van der Waals surface area (Å²) in [5.74, 6) is 0. The van der Waals surface area contributed by atoms with Crippen LogP contribution in [-0.4, -0.2) is 23.7 Å². The predicted octanol–water partition coefficient (Wildman–Crippen LogP) is 1.89. The number of rotatable bonds is 6. The van der Waals surface area contributed by atoms with E-state index in [2.05, 4.69) is 9.97 Å². The van der Waals surface area contributed by atoms with Crippen molar-refractivity contribution in [2.45, 2.75) is 26.1 Å². The number of hydrogen-bond acceptors (Lipinski definition) is 4. The third-order valence-electron chi connectivity index (χ3n) is 4.55.